The molecule has 3 aliphatic carbocycles. The Kier molecular flexibility index (Phi) is 7.55. The summed E-state index contributed by atoms with van der Waals surface area (Å²) in [5.74, 6) is 1.10. The molecule has 0 aromatic carbocycles. The van der Waals surface area contributed by atoms with Gasteiger partial charge in [-0.15, -0.1) is 0 Å². The fraction of sp³-hybridized carbons (Fsp3) is 0.760. The van der Waals surface area contributed by atoms with Gasteiger partial charge in [0, 0.05) is 43.8 Å². The molecule has 4 aliphatic rings. The normalized spacial score (nSPS) is 42.5. The van der Waals surface area contributed by atoms with Crippen LogP contribution in [0.5, 0.6) is 0 Å². The first-order chi connectivity index (χ1) is 15.0. The number of hydrogen-bond donors (Lipinski definition) is 2. The van der Waals surface area contributed by atoms with Crippen molar-refractivity contribution in [1.82, 2.24) is 0 Å². The Hall–Kier alpha value is -1.18. The predicted molar refractivity (Wildman–Crippen MR) is 117 cm³/mol. The molecule has 0 aromatic heterocycles. The van der Waals surface area contributed by atoms with E-state index in [1.165, 1.54) is 0 Å². The van der Waals surface area contributed by atoms with E-state index < -0.39 is 12.2 Å². The minimum absolute atomic E-state index is 0.000614. The highest BCUT2D eigenvalue weighted by molar-refractivity contribution is 5.23. The smallest absolute Gasteiger partial charge is 0.158 e. The monoisotopic (exact) mass is 434 g/mol. The minimum Gasteiger partial charge on any atom is -0.499 e. The van der Waals surface area contributed by atoms with Crippen LogP contribution in [0.25, 0.3) is 0 Å². The molecular formula is C25H38O6. The Labute approximate surface area is 185 Å². The van der Waals surface area contributed by atoms with Crippen LogP contribution >= 0.6 is 0 Å². The van der Waals surface area contributed by atoms with Crippen LogP contribution in [0, 0.1) is 23.7 Å². The first kappa shape index (κ1) is 23.0. The lowest BCUT2D eigenvalue weighted by Crippen LogP contribution is -2.29. The highest BCUT2D eigenvalue weighted by Crippen LogP contribution is 2.46. The van der Waals surface area contributed by atoms with Crippen LogP contribution in [0.15, 0.2) is 36.1 Å². The van der Waals surface area contributed by atoms with Gasteiger partial charge in [-0.1, -0.05) is 24.3 Å². The molecule has 0 amide bonds. The van der Waals surface area contributed by atoms with E-state index in [1.807, 2.05) is 0 Å². The summed E-state index contributed by atoms with van der Waals surface area (Å²) in [6.45, 7) is 4.69. The molecule has 0 aromatic rings. The van der Waals surface area contributed by atoms with E-state index in [2.05, 4.69) is 24.8 Å². The van der Waals surface area contributed by atoms with Crippen molar-refractivity contribution in [3.8, 4) is 0 Å². The Morgan fingerprint density at radius 3 is 2.71 bits per heavy atom. The maximum Gasteiger partial charge on any atom is 0.158 e. The van der Waals surface area contributed by atoms with Crippen LogP contribution in [0.2, 0.25) is 0 Å². The topological polar surface area (TPSA) is 77.4 Å². The van der Waals surface area contributed by atoms with Crippen LogP contribution in [-0.2, 0) is 18.9 Å². The van der Waals surface area contributed by atoms with Gasteiger partial charge in [0.2, 0.25) is 0 Å². The summed E-state index contributed by atoms with van der Waals surface area (Å²) in [4.78, 5) is 0. The summed E-state index contributed by atoms with van der Waals surface area (Å²) in [5, 5.41) is 21.4. The number of methoxy groups -OCH3 is 2. The summed E-state index contributed by atoms with van der Waals surface area (Å²) in [7, 11) is 3.42. The van der Waals surface area contributed by atoms with Crippen molar-refractivity contribution >= 4 is 0 Å². The van der Waals surface area contributed by atoms with Gasteiger partial charge in [0.25, 0.3) is 0 Å². The number of aliphatic hydroxyl groups is 2. The number of aliphatic hydroxyl groups excluding tert-OH is 2. The van der Waals surface area contributed by atoms with Crippen LogP contribution < -0.4 is 0 Å². The van der Waals surface area contributed by atoms with E-state index in [4.69, 9.17) is 18.9 Å². The third kappa shape index (κ3) is 4.79. The molecule has 1 saturated heterocycles. The third-order valence-corrected chi connectivity index (χ3v) is 7.72. The van der Waals surface area contributed by atoms with Gasteiger partial charge >= 0.3 is 0 Å². The van der Waals surface area contributed by atoms with Gasteiger partial charge in [-0.05, 0) is 44.6 Å². The number of rotatable bonds is 8. The zero-order valence-electron chi connectivity index (χ0n) is 18.8. The highest BCUT2D eigenvalue weighted by atomic mass is 16.7. The lowest BCUT2D eigenvalue weighted by molar-refractivity contribution is -0.143. The predicted octanol–water partition coefficient (Wildman–Crippen LogP) is 3.34. The van der Waals surface area contributed by atoms with Crippen LogP contribution in [-0.4, -0.2) is 61.7 Å². The van der Waals surface area contributed by atoms with E-state index in [-0.39, 0.29) is 36.3 Å². The van der Waals surface area contributed by atoms with E-state index >= 15 is 0 Å². The van der Waals surface area contributed by atoms with Gasteiger partial charge < -0.3 is 29.2 Å². The number of hydrogen-bond acceptors (Lipinski definition) is 6. The molecule has 31 heavy (non-hydrogen) atoms. The second-order valence-corrected chi connectivity index (χ2v) is 9.47. The summed E-state index contributed by atoms with van der Waals surface area (Å²) in [6.07, 6.45) is 11.5. The van der Waals surface area contributed by atoms with Crippen molar-refractivity contribution in [3.05, 3.63) is 36.1 Å². The molecule has 9 atom stereocenters. The number of ether oxygens (including phenoxy) is 4. The molecule has 9 unspecified atom stereocenters. The SMILES string of the molecule is C=C1CC=CC2C(O)C(CCCOC3CCC(C4C=C(OC)C(OC)CC4)O3)C(O)C12. The Morgan fingerprint density at radius 2 is 1.97 bits per heavy atom. The van der Waals surface area contributed by atoms with Gasteiger partial charge in [-0.2, -0.15) is 0 Å². The van der Waals surface area contributed by atoms with E-state index in [0.717, 1.165) is 56.3 Å². The second-order valence-electron chi connectivity index (χ2n) is 9.47. The Balaban J connectivity index is 1.20. The molecule has 1 heterocycles. The average Bonchev–Trinajstić information content (AvgIpc) is 3.35. The molecular weight excluding hydrogens is 396 g/mol. The van der Waals surface area contributed by atoms with Crippen molar-refractivity contribution in [1.29, 1.82) is 0 Å². The number of allylic oxidation sites excluding steroid dienone is 1. The Morgan fingerprint density at radius 1 is 1.13 bits per heavy atom. The molecule has 0 spiro atoms. The molecule has 1 saturated carbocycles. The molecule has 1 aliphatic heterocycles. The molecule has 6 nitrogen and oxygen atoms in total. The largest absolute Gasteiger partial charge is 0.499 e. The second kappa shape index (κ2) is 10.2. The third-order valence-electron chi connectivity index (χ3n) is 7.72. The summed E-state index contributed by atoms with van der Waals surface area (Å²) < 4.78 is 23.2. The standard InChI is InChI=1S/C25H38O6/c1-15-6-4-7-17-23(15)25(27)18(24(17)26)8-5-13-30-22-12-11-19(31-22)16-9-10-20(28-2)21(14-16)29-3/h4,7,14,16-20,22-27H,1,5-6,8-13H2,2-3H3. The first-order valence-electron chi connectivity index (χ1n) is 11.8. The molecule has 174 valence electrons. The lowest BCUT2D eigenvalue weighted by Gasteiger charge is -2.29. The van der Waals surface area contributed by atoms with Gasteiger partial charge in [0.1, 0.15) is 11.9 Å². The molecule has 6 heteroatoms. The van der Waals surface area contributed by atoms with Crippen molar-refractivity contribution < 1.29 is 29.2 Å². The zero-order chi connectivity index (χ0) is 22.0. The molecule has 2 N–H and O–H groups in total. The van der Waals surface area contributed by atoms with Crippen molar-refractivity contribution in [2.45, 2.75) is 75.7 Å². The highest BCUT2D eigenvalue weighted by Gasteiger charge is 2.49. The minimum atomic E-state index is -0.520. The average molecular weight is 435 g/mol. The zero-order valence-corrected chi connectivity index (χ0v) is 18.8. The van der Waals surface area contributed by atoms with Crippen LogP contribution in [0.4, 0.5) is 0 Å². The fourth-order valence-electron chi connectivity index (χ4n) is 6.01. The molecule has 2 fully saturated rings. The molecule has 4 rings (SSSR count). The van der Waals surface area contributed by atoms with Gasteiger partial charge in [0.05, 0.1) is 25.4 Å². The first-order valence-corrected chi connectivity index (χ1v) is 11.8. The van der Waals surface area contributed by atoms with Gasteiger partial charge in [-0.3, -0.25) is 0 Å². The molecule has 0 bridgehead atoms. The van der Waals surface area contributed by atoms with Gasteiger partial charge in [0.15, 0.2) is 6.29 Å². The summed E-state index contributed by atoms with van der Waals surface area (Å²) >= 11 is 0. The quantitative estimate of drug-likeness (QED) is 0.451. The van der Waals surface area contributed by atoms with Crippen molar-refractivity contribution in [3.63, 3.8) is 0 Å². The van der Waals surface area contributed by atoms with Crippen LogP contribution in [0.1, 0.15) is 44.9 Å². The van der Waals surface area contributed by atoms with Crippen LogP contribution in [0.3, 0.4) is 0 Å². The van der Waals surface area contributed by atoms with E-state index in [9.17, 15) is 10.2 Å². The summed E-state index contributed by atoms with van der Waals surface area (Å²) in [6, 6.07) is 0. The number of fused-ring (bicyclic) bond motifs is 1. The van der Waals surface area contributed by atoms with Gasteiger partial charge in [-0.25, -0.2) is 0 Å². The summed E-state index contributed by atoms with van der Waals surface area (Å²) in [5.41, 5.74) is 1.04. The lowest BCUT2D eigenvalue weighted by atomic mass is 9.82. The van der Waals surface area contributed by atoms with E-state index in [1.54, 1.807) is 14.2 Å². The van der Waals surface area contributed by atoms with Crippen molar-refractivity contribution in [2.24, 2.45) is 23.7 Å². The fourth-order valence-corrected chi connectivity index (χ4v) is 6.01. The molecule has 0 radical (unpaired) electrons. The maximum atomic E-state index is 10.7. The van der Waals surface area contributed by atoms with Crippen molar-refractivity contribution in [2.75, 3.05) is 20.8 Å². The van der Waals surface area contributed by atoms with E-state index in [0.29, 0.717) is 12.5 Å². The maximum absolute atomic E-state index is 10.7. The Bertz CT molecular complexity index is 687.